The Morgan fingerprint density at radius 3 is 2.63 bits per heavy atom. The molecule has 2 aromatic rings. The van der Waals surface area contributed by atoms with Gasteiger partial charge >= 0.3 is 0 Å². The summed E-state index contributed by atoms with van der Waals surface area (Å²) in [6.07, 6.45) is 0. The monoisotopic (exact) mass is 260 g/mol. The summed E-state index contributed by atoms with van der Waals surface area (Å²) in [5, 5.41) is 10.7. The van der Waals surface area contributed by atoms with Crippen LogP contribution in [0.4, 0.5) is 11.6 Å². The van der Waals surface area contributed by atoms with Crippen LogP contribution in [0, 0.1) is 24.0 Å². The maximum atomic E-state index is 10.7. The zero-order valence-corrected chi connectivity index (χ0v) is 10.5. The van der Waals surface area contributed by atoms with E-state index in [2.05, 4.69) is 9.97 Å². The highest BCUT2D eigenvalue weighted by atomic mass is 16.6. The van der Waals surface area contributed by atoms with Crippen LogP contribution in [-0.4, -0.2) is 14.9 Å². The van der Waals surface area contributed by atoms with Gasteiger partial charge in [-0.05, 0) is 25.5 Å². The second kappa shape index (κ2) is 4.89. The summed E-state index contributed by atoms with van der Waals surface area (Å²) in [5.41, 5.74) is 6.90. The number of benzene rings is 1. The van der Waals surface area contributed by atoms with Gasteiger partial charge in [-0.25, -0.2) is 4.98 Å². The first kappa shape index (κ1) is 12.7. The molecule has 19 heavy (non-hydrogen) atoms. The maximum absolute atomic E-state index is 10.7. The fraction of sp³-hybridized carbons (Fsp3) is 0.167. The highest BCUT2D eigenvalue weighted by Crippen LogP contribution is 2.28. The Morgan fingerprint density at radius 2 is 2.00 bits per heavy atom. The second-order valence-corrected chi connectivity index (χ2v) is 4.01. The van der Waals surface area contributed by atoms with E-state index in [4.69, 9.17) is 10.5 Å². The maximum Gasteiger partial charge on any atom is 0.273 e. The molecule has 0 radical (unpaired) electrons. The average Bonchev–Trinajstić information content (AvgIpc) is 2.30. The van der Waals surface area contributed by atoms with Gasteiger partial charge in [-0.2, -0.15) is 4.98 Å². The number of nitro groups is 1. The number of aryl methyl sites for hydroxylation is 2. The second-order valence-electron chi connectivity index (χ2n) is 4.01. The summed E-state index contributed by atoms with van der Waals surface area (Å²) in [6, 6.07) is 5.99. The van der Waals surface area contributed by atoms with Crippen LogP contribution >= 0.6 is 0 Å². The number of non-ortho nitro benzene ring substituents is 1. The van der Waals surface area contributed by atoms with Crippen LogP contribution in [0.5, 0.6) is 11.6 Å². The van der Waals surface area contributed by atoms with Crippen LogP contribution in [0.3, 0.4) is 0 Å². The van der Waals surface area contributed by atoms with Gasteiger partial charge in [0, 0.05) is 17.8 Å². The van der Waals surface area contributed by atoms with Crippen molar-refractivity contribution in [1.82, 2.24) is 9.97 Å². The van der Waals surface area contributed by atoms with Gasteiger partial charge in [0.05, 0.1) is 11.0 Å². The van der Waals surface area contributed by atoms with Crippen molar-refractivity contribution < 1.29 is 9.66 Å². The molecule has 1 heterocycles. The molecule has 2 N–H and O–H groups in total. The zero-order chi connectivity index (χ0) is 14.0. The van der Waals surface area contributed by atoms with Crippen molar-refractivity contribution in [3.8, 4) is 11.6 Å². The summed E-state index contributed by atoms with van der Waals surface area (Å²) in [4.78, 5) is 18.1. The lowest BCUT2D eigenvalue weighted by Gasteiger charge is -2.08. The molecule has 0 saturated heterocycles. The highest BCUT2D eigenvalue weighted by molar-refractivity contribution is 5.45. The normalized spacial score (nSPS) is 10.2. The fourth-order valence-corrected chi connectivity index (χ4v) is 1.54. The minimum atomic E-state index is -0.480. The largest absolute Gasteiger partial charge is 0.438 e. The lowest BCUT2D eigenvalue weighted by molar-refractivity contribution is -0.384. The smallest absolute Gasteiger partial charge is 0.273 e. The van der Waals surface area contributed by atoms with E-state index >= 15 is 0 Å². The van der Waals surface area contributed by atoms with Crippen LogP contribution in [0.1, 0.15) is 11.3 Å². The van der Waals surface area contributed by atoms with E-state index < -0.39 is 4.92 Å². The predicted molar refractivity (Wildman–Crippen MR) is 69.1 cm³/mol. The topological polar surface area (TPSA) is 104 Å². The molecule has 0 aliphatic heterocycles. The molecule has 0 spiro atoms. The molecule has 0 aliphatic carbocycles. The molecule has 0 unspecified atom stereocenters. The molecule has 0 fully saturated rings. The van der Waals surface area contributed by atoms with Crippen molar-refractivity contribution >= 4 is 11.6 Å². The Kier molecular flexibility index (Phi) is 3.28. The Bertz CT molecular complexity index is 623. The van der Waals surface area contributed by atoms with Gasteiger partial charge in [0.2, 0.25) is 11.8 Å². The Hall–Kier alpha value is -2.70. The van der Waals surface area contributed by atoms with Crippen LogP contribution in [0.15, 0.2) is 24.3 Å². The minimum absolute atomic E-state index is 0.0423. The molecule has 1 aromatic carbocycles. The minimum Gasteiger partial charge on any atom is -0.438 e. The van der Waals surface area contributed by atoms with Crippen molar-refractivity contribution in [3.05, 3.63) is 45.6 Å². The molecule has 7 nitrogen and oxygen atoms in total. The number of nitrogens with two attached hydrogens (primary N) is 1. The Balaban J connectivity index is 2.37. The number of rotatable bonds is 3. The molecule has 1 aromatic heterocycles. The van der Waals surface area contributed by atoms with E-state index in [0.717, 1.165) is 5.56 Å². The van der Waals surface area contributed by atoms with E-state index in [1.807, 2.05) is 0 Å². The predicted octanol–water partition coefficient (Wildman–Crippen LogP) is 2.38. The molecular formula is C12H12N4O3. The summed E-state index contributed by atoms with van der Waals surface area (Å²) >= 11 is 0. The lowest BCUT2D eigenvalue weighted by Crippen LogP contribution is -1.99. The van der Waals surface area contributed by atoms with E-state index in [-0.39, 0.29) is 17.5 Å². The van der Waals surface area contributed by atoms with Crippen molar-refractivity contribution in [3.63, 3.8) is 0 Å². The summed E-state index contributed by atoms with van der Waals surface area (Å²) in [5.74, 6) is 0.721. The van der Waals surface area contributed by atoms with Gasteiger partial charge < -0.3 is 10.5 Å². The lowest BCUT2D eigenvalue weighted by atomic mass is 10.2. The van der Waals surface area contributed by atoms with Gasteiger partial charge in [-0.1, -0.05) is 0 Å². The average molecular weight is 260 g/mol. The first-order valence-corrected chi connectivity index (χ1v) is 5.50. The van der Waals surface area contributed by atoms with Gasteiger partial charge in [-0.15, -0.1) is 0 Å². The fourth-order valence-electron chi connectivity index (χ4n) is 1.54. The molecule has 0 saturated carbocycles. The van der Waals surface area contributed by atoms with Crippen LogP contribution in [0.2, 0.25) is 0 Å². The van der Waals surface area contributed by atoms with E-state index in [0.29, 0.717) is 11.4 Å². The standard InChI is InChI=1S/C12H12N4O3/c1-7-3-4-9(16(17)18)6-10(7)19-11-5-8(2)14-12(13)15-11/h3-6H,1-2H3,(H2,13,14,15). The number of nitrogens with zero attached hydrogens (tertiary/aromatic N) is 3. The Labute approximate surface area is 109 Å². The third kappa shape index (κ3) is 2.95. The number of hydrogen-bond donors (Lipinski definition) is 1. The van der Waals surface area contributed by atoms with Gasteiger partial charge in [-0.3, -0.25) is 10.1 Å². The quantitative estimate of drug-likeness (QED) is 0.671. The van der Waals surface area contributed by atoms with Crippen LogP contribution in [-0.2, 0) is 0 Å². The van der Waals surface area contributed by atoms with Gasteiger partial charge in [0.15, 0.2) is 0 Å². The first-order chi connectivity index (χ1) is 8.95. The zero-order valence-electron chi connectivity index (χ0n) is 10.5. The van der Waals surface area contributed by atoms with Crippen molar-refractivity contribution in [2.75, 3.05) is 5.73 Å². The van der Waals surface area contributed by atoms with Crippen LogP contribution < -0.4 is 10.5 Å². The van der Waals surface area contributed by atoms with E-state index in [9.17, 15) is 10.1 Å². The van der Waals surface area contributed by atoms with Crippen LogP contribution in [0.25, 0.3) is 0 Å². The summed E-state index contributed by atoms with van der Waals surface area (Å²) in [6.45, 7) is 3.54. The summed E-state index contributed by atoms with van der Waals surface area (Å²) < 4.78 is 5.53. The van der Waals surface area contributed by atoms with E-state index in [1.165, 1.54) is 12.1 Å². The number of hydrogen-bond acceptors (Lipinski definition) is 6. The van der Waals surface area contributed by atoms with Crippen molar-refractivity contribution in [2.45, 2.75) is 13.8 Å². The molecule has 98 valence electrons. The number of nitro benzene ring substituents is 1. The highest BCUT2D eigenvalue weighted by Gasteiger charge is 2.11. The van der Waals surface area contributed by atoms with Gasteiger partial charge in [0.1, 0.15) is 5.75 Å². The first-order valence-electron chi connectivity index (χ1n) is 5.50. The molecule has 0 aliphatic rings. The third-order valence-electron chi connectivity index (χ3n) is 2.45. The molecular weight excluding hydrogens is 248 g/mol. The molecule has 0 bridgehead atoms. The number of aromatic nitrogens is 2. The molecule has 0 atom stereocenters. The van der Waals surface area contributed by atoms with Crippen molar-refractivity contribution in [1.29, 1.82) is 0 Å². The molecule has 2 rings (SSSR count). The number of anilines is 1. The summed E-state index contributed by atoms with van der Waals surface area (Å²) in [7, 11) is 0. The number of ether oxygens (including phenoxy) is 1. The molecule has 7 heteroatoms. The van der Waals surface area contributed by atoms with E-state index in [1.54, 1.807) is 26.0 Å². The van der Waals surface area contributed by atoms with Crippen molar-refractivity contribution in [2.24, 2.45) is 0 Å². The number of nitrogen functional groups attached to an aromatic ring is 1. The third-order valence-corrected chi connectivity index (χ3v) is 2.45. The molecule has 0 amide bonds. The van der Waals surface area contributed by atoms with Gasteiger partial charge in [0.25, 0.3) is 5.69 Å². The SMILES string of the molecule is Cc1cc(Oc2cc([N+](=O)[O-])ccc2C)nc(N)n1. The Morgan fingerprint density at radius 1 is 1.26 bits per heavy atom.